The molecule has 166 valence electrons. The highest BCUT2D eigenvalue weighted by atomic mass is 32.2. The third kappa shape index (κ3) is 6.17. The van der Waals surface area contributed by atoms with Gasteiger partial charge in [0.05, 0.1) is 30.7 Å². The van der Waals surface area contributed by atoms with Gasteiger partial charge in [0.1, 0.15) is 0 Å². The minimum Gasteiger partial charge on any atom is -0.493 e. The second kappa shape index (κ2) is 11.1. The van der Waals surface area contributed by atoms with Crippen LogP contribution in [0.5, 0.6) is 11.5 Å². The Morgan fingerprint density at radius 3 is 2.42 bits per heavy atom. The van der Waals surface area contributed by atoms with Crippen LogP contribution < -0.4 is 20.1 Å². The summed E-state index contributed by atoms with van der Waals surface area (Å²) in [7, 11) is 3.17. The molecule has 1 fully saturated rings. The largest absolute Gasteiger partial charge is 0.493 e. The summed E-state index contributed by atoms with van der Waals surface area (Å²) in [5.41, 5.74) is 1.02. The summed E-state index contributed by atoms with van der Waals surface area (Å²) in [4.78, 5) is 26.5. The Bertz CT molecular complexity index is 912. The van der Waals surface area contributed by atoms with Crippen LogP contribution >= 0.6 is 11.8 Å². The molecule has 0 radical (unpaired) electrons. The highest BCUT2D eigenvalue weighted by molar-refractivity contribution is 8.00. The Hall–Kier alpha value is -2.67. The molecule has 2 N–H and O–H groups in total. The van der Waals surface area contributed by atoms with Crippen molar-refractivity contribution < 1.29 is 19.1 Å². The molecule has 0 heterocycles. The van der Waals surface area contributed by atoms with Gasteiger partial charge in [-0.15, -0.1) is 11.8 Å². The zero-order valence-corrected chi connectivity index (χ0v) is 19.1. The van der Waals surface area contributed by atoms with Gasteiger partial charge in [0.2, 0.25) is 5.91 Å². The molecule has 0 bridgehead atoms. The summed E-state index contributed by atoms with van der Waals surface area (Å²) in [5, 5.41) is 5.68. The van der Waals surface area contributed by atoms with Crippen LogP contribution in [0.3, 0.4) is 0 Å². The summed E-state index contributed by atoms with van der Waals surface area (Å²) in [5.74, 6) is 0.951. The Kier molecular flexibility index (Phi) is 8.23. The van der Waals surface area contributed by atoms with Gasteiger partial charge in [-0.1, -0.05) is 31.4 Å². The van der Waals surface area contributed by atoms with Crippen molar-refractivity contribution >= 4 is 29.3 Å². The van der Waals surface area contributed by atoms with Crippen LogP contribution in [0, 0.1) is 0 Å². The predicted molar refractivity (Wildman–Crippen MR) is 124 cm³/mol. The lowest BCUT2D eigenvalue weighted by molar-refractivity contribution is -0.115. The van der Waals surface area contributed by atoms with Crippen molar-refractivity contribution in [2.24, 2.45) is 0 Å². The van der Waals surface area contributed by atoms with Crippen LogP contribution in [0.1, 0.15) is 49.4 Å². The molecular formula is C24H30N2O4S. The standard InChI is InChI=1S/C24H30N2O4S/c1-16(31-18-13-14-21(29-2)22(15-18)30-3)23(27)26-20-12-8-7-11-19(20)24(28)25-17-9-5-4-6-10-17/h7-8,11-17H,4-6,9-10H2,1-3H3,(H,25,28)(H,26,27)/t16-/m1/s1. The average Bonchev–Trinajstić information content (AvgIpc) is 2.79. The molecule has 1 saturated carbocycles. The fourth-order valence-corrected chi connectivity index (χ4v) is 4.58. The Morgan fingerprint density at radius 2 is 1.71 bits per heavy atom. The fraction of sp³-hybridized carbons (Fsp3) is 0.417. The molecule has 7 heteroatoms. The van der Waals surface area contributed by atoms with Crippen molar-refractivity contribution in [1.29, 1.82) is 0 Å². The van der Waals surface area contributed by atoms with Gasteiger partial charge in [-0.2, -0.15) is 0 Å². The molecule has 1 aliphatic carbocycles. The molecule has 2 aromatic rings. The quantitative estimate of drug-likeness (QED) is 0.570. The van der Waals surface area contributed by atoms with E-state index < -0.39 is 0 Å². The minimum atomic E-state index is -0.368. The van der Waals surface area contributed by atoms with Crippen LogP contribution in [0.2, 0.25) is 0 Å². The maximum Gasteiger partial charge on any atom is 0.253 e. The maximum atomic E-state index is 12.8. The molecule has 0 aromatic heterocycles. The monoisotopic (exact) mass is 442 g/mol. The van der Waals surface area contributed by atoms with Crippen molar-refractivity contribution in [3.05, 3.63) is 48.0 Å². The summed E-state index contributed by atoms with van der Waals surface area (Å²) < 4.78 is 10.6. The first-order valence-corrected chi connectivity index (χ1v) is 11.5. The van der Waals surface area contributed by atoms with E-state index >= 15 is 0 Å². The number of thioether (sulfide) groups is 1. The van der Waals surface area contributed by atoms with E-state index in [9.17, 15) is 9.59 Å². The number of hydrogen-bond acceptors (Lipinski definition) is 5. The summed E-state index contributed by atoms with van der Waals surface area (Å²) in [6, 6.07) is 12.9. The summed E-state index contributed by atoms with van der Waals surface area (Å²) in [6.07, 6.45) is 5.55. The third-order valence-electron chi connectivity index (χ3n) is 5.41. The molecule has 0 unspecified atom stereocenters. The number of rotatable bonds is 8. The van der Waals surface area contributed by atoms with Gasteiger partial charge in [0.15, 0.2) is 11.5 Å². The van der Waals surface area contributed by atoms with Crippen molar-refractivity contribution in [3.63, 3.8) is 0 Å². The smallest absolute Gasteiger partial charge is 0.253 e. The molecule has 3 rings (SSSR count). The second-order valence-electron chi connectivity index (χ2n) is 7.62. The topological polar surface area (TPSA) is 76.7 Å². The van der Waals surface area contributed by atoms with Crippen molar-refractivity contribution in [3.8, 4) is 11.5 Å². The van der Waals surface area contributed by atoms with Crippen LogP contribution in [0.15, 0.2) is 47.4 Å². The number of benzene rings is 2. The van der Waals surface area contributed by atoms with Crippen LogP contribution in [-0.2, 0) is 4.79 Å². The van der Waals surface area contributed by atoms with Crippen molar-refractivity contribution in [2.45, 2.75) is 55.2 Å². The van der Waals surface area contributed by atoms with Gasteiger partial charge in [-0.05, 0) is 50.1 Å². The van der Waals surface area contributed by atoms with Gasteiger partial charge >= 0.3 is 0 Å². The Morgan fingerprint density at radius 1 is 1.00 bits per heavy atom. The first-order valence-electron chi connectivity index (χ1n) is 10.6. The van der Waals surface area contributed by atoms with Gasteiger partial charge < -0.3 is 20.1 Å². The second-order valence-corrected chi connectivity index (χ2v) is 9.03. The third-order valence-corrected chi connectivity index (χ3v) is 6.50. The Balaban J connectivity index is 1.65. The van der Waals surface area contributed by atoms with Gasteiger partial charge in [-0.3, -0.25) is 9.59 Å². The molecular weight excluding hydrogens is 412 g/mol. The van der Waals surface area contributed by atoms with E-state index in [2.05, 4.69) is 10.6 Å². The number of carbonyl (C=O) groups is 2. The molecule has 0 spiro atoms. The number of anilines is 1. The van der Waals surface area contributed by atoms with E-state index in [1.54, 1.807) is 26.4 Å². The lowest BCUT2D eigenvalue weighted by atomic mass is 9.95. The molecule has 0 aliphatic heterocycles. The number of carbonyl (C=O) groups excluding carboxylic acids is 2. The number of para-hydroxylation sites is 1. The molecule has 2 amide bonds. The normalized spacial score (nSPS) is 15.1. The number of nitrogens with one attached hydrogen (secondary N) is 2. The zero-order chi connectivity index (χ0) is 22.2. The van der Waals surface area contributed by atoms with E-state index in [1.807, 2.05) is 37.3 Å². The molecule has 2 aromatic carbocycles. The van der Waals surface area contributed by atoms with Crippen molar-refractivity contribution in [2.75, 3.05) is 19.5 Å². The van der Waals surface area contributed by atoms with Crippen molar-refractivity contribution in [1.82, 2.24) is 5.32 Å². The number of ether oxygens (including phenoxy) is 2. The molecule has 1 aliphatic rings. The highest BCUT2D eigenvalue weighted by Gasteiger charge is 2.21. The molecule has 0 saturated heterocycles. The molecule has 31 heavy (non-hydrogen) atoms. The first-order chi connectivity index (χ1) is 15.0. The van der Waals surface area contributed by atoms with E-state index in [0.29, 0.717) is 22.7 Å². The Labute approximate surface area is 188 Å². The van der Waals surface area contributed by atoms with Crippen LogP contribution in [0.4, 0.5) is 5.69 Å². The highest BCUT2D eigenvalue weighted by Crippen LogP contribution is 2.34. The van der Waals surface area contributed by atoms with Crippen LogP contribution in [0.25, 0.3) is 0 Å². The predicted octanol–water partition coefficient (Wildman–Crippen LogP) is 4.89. The lowest BCUT2D eigenvalue weighted by Crippen LogP contribution is -2.36. The van der Waals surface area contributed by atoms with E-state index in [1.165, 1.54) is 18.2 Å². The van der Waals surface area contributed by atoms with Gasteiger partial charge in [0.25, 0.3) is 5.91 Å². The number of amides is 2. The molecule has 6 nitrogen and oxygen atoms in total. The number of hydrogen-bond donors (Lipinski definition) is 2. The maximum absolute atomic E-state index is 12.8. The van der Waals surface area contributed by atoms with E-state index in [-0.39, 0.29) is 23.1 Å². The SMILES string of the molecule is COc1ccc(S[C@H](C)C(=O)Nc2ccccc2C(=O)NC2CCCCC2)cc1OC. The number of methoxy groups -OCH3 is 2. The van der Waals surface area contributed by atoms with E-state index in [4.69, 9.17) is 9.47 Å². The lowest BCUT2D eigenvalue weighted by Gasteiger charge is -2.23. The summed E-state index contributed by atoms with van der Waals surface area (Å²) in [6.45, 7) is 1.83. The average molecular weight is 443 g/mol. The fourth-order valence-electron chi connectivity index (χ4n) is 3.68. The molecule has 1 atom stereocenters. The van der Waals surface area contributed by atoms with E-state index in [0.717, 1.165) is 30.6 Å². The minimum absolute atomic E-state index is 0.136. The summed E-state index contributed by atoms with van der Waals surface area (Å²) >= 11 is 1.41. The zero-order valence-electron chi connectivity index (χ0n) is 18.3. The van der Waals surface area contributed by atoms with Gasteiger partial charge in [-0.25, -0.2) is 0 Å². The first kappa shape index (κ1) is 23.0. The van der Waals surface area contributed by atoms with Crippen LogP contribution in [-0.4, -0.2) is 37.3 Å². The van der Waals surface area contributed by atoms with Gasteiger partial charge in [0, 0.05) is 10.9 Å².